The fourth-order valence-electron chi connectivity index (χ4n) is 2.19. The van der Waals surface area contributed by atoms with E-state index in [1.165, 1.54) is 50.0 Å². The molecule has 0 aromatic heterocycles. The Bertz CT molecular complexity index is 833. The molecule has 0 saturated carbocycles. The van der Waals surface area contributed by atoms with Crippen molar-refractivity contribution in [2.24, 2.45) is 0 Å². The van der Waals surface area contributed by atoms with Gasteiger partial charge in [0, 0.05) is 18.0 Å². The van der Waals surface area contributed by atoms with E-state index in [2.05, 4.69) is 0 Å². The maximum Gasteiger partial charge on any atom is 0.274 e. The molecule has 0 N–H and O–H groups in total. The molecule has 122 valence electrons. The van der Waals surface area contributed by atoms with Gasteiger partial charge in [-0.1, -0.05) is 6.07 Å². The van der Waals surface area contributed by atoms with Crippen LogP contribution in [0.4, 0.5) is 11.4 Å². The van der Waals surface area contributed by atoms with Gasteiger partial charge in [-0.3, -0.25) is 14.4 Å². The van der Waals surface area contributed by atoms with E-state index in [1.54, 1.807) is 18.2 Å². The minimum Gasteiger partial charge on any atom is -0.269 e. The van der Waals surface area contributed by atoms with Gasteiger partial charge in [-0.15, -0.1) is 11.8 Å². The van der Waals surface area contributed by atoms with Gasteiger partial charge in [-0.25, -0.2) is 8.42 Å². The van der Waals surface area contributed by atoms with E-state index in [1.807, 2.05) is 6.26 Å². The Hall–Kier alpha value is -2.06. The summed E-state index contributed by atoms with van der Waals surface area (Å²) in [5.74, 6) is 0. The van der Waals surface area contributed by atoms with Crippen LogP contribution in [0, 0.1) is 17.0 Å². The molecule has 2 aromatic carbocycles. The Morgan fingerprint density at radius 1 is 1.13 bits per heavy atom. The number of nitrogens with zero attached hydrogens (tertiary/aromatic N) is 2. The van der Waals surface area contributed by atoms with Crippen LogP contribution in [0.1, 0.15) is 5.56 Å². The number of nitro groups is 1. The van der Waals surface area contributed by atoms with E-state index in [0.29, 0.717) is 5.56 Å². The van der Waals surface area contributed by atoms with Gasteiger partial charge >= 0.3 is 0 Å². The van der Waals surface area contributed by atoms with Crippen LogP contribution in [0.25, 0.3) is 0 Å². The fourth-order valence-corrected chi connectivity index (χ4v) is 3.85. The molecular formula is C15H16N2O4S2. The Morgan fingerprint density at radius 3 is 2.26 bits per heavy atom. The summed E-state index contributed by atoms with van der Waals surface area (Å²) < 4.78 is 26.5. The van der Waals surface area contributed by atoms with Gasteiger partial charge in [0.25, 0.3) is 15.7 Å². The van der Waals surface area contributed by atoms with Crippen molar-refractivity contribution in [2.45, 2.75) is 16.7 Å². The molecule has 6 nitrogen and oxygen atoms in total. The zero-order valence-corrected chi connectivity index (χ0v) is 14.5. The van der Waals surface area contributed by atoms with E-state index < -0.39 is 14.9 Å². The smallest absolute Gasteiger partial charge is 0.269 e. The highest BCUT2D eigenvalue weighted by molar-refractivity contribution is 7.98. The van der Waals surface area contributed by atoms with Gasteiger partial charge in [-0.05, 0) is 43.5 Å². The largest absolute Gasteiger partial charge is 0.274 e. The lowest BCUT2D eigenvalue weighted by atomic mass is 10.1. The number of nitro benzene ring substituents is 1. The number of hydrogen-bond donors (Lipinski definition) is 0. The SMILES string of the molecule is CSc1ccc(S(=O)(=O)N(C)c2cccc([N+](=O)[O-])c2C)cc1. The summed E-state index contributed by atoms with van der Waals surface area (Å²) in [6.07, 6.45) is 1.90. The minimum absolute atomic E-state index is 0.109. The van der Waals surface area contributed by atoms with Crippen LogP contribution in [0.15, 0.2) is 52.3 Å². The van der Waals surface area contributed by atoms with E-state index in [0.717, 1.165) is 9.20 Å². The third-order valence-electron chi connectivity index (χ3n) is 3.53. The zero-order valence-electron chi connectivity index (χ0n) is 12.9. The van der Waals surface area contributed by atoms with Gasteiger partial charge in [0.05, 0.1) is 21.1 Å². The lowest BCUT2D eigenvalue weighted by molar-refractivity contribution is -0.385. The van der Waals surface area contributed by atoms with E-state index >= 15 is 0 Å². The number of rotatable bonds is 5. The summed E-state index contributed by atoms with van der Waals surface area (Å²) in [5, 5.41) is 11.0. The van der Waals surface area contributed by atoms with Crippen molar-refractivity contribution < 1.29 is 13.3 Å². The summed E-state index contributed by atoms with van der Waals surface area (Å²) in [7, 11) is -2.39. The molecule has 0 radical (unpaired) electrons. The molecule has 0 heterocycles. The summed E-state index contributed by atoms with van der Waals surface area (Å²) in [4.78, 5) is 11.6. The quantitative estimate of drug-likeness (QED) is 0.468. The zero-order chi connectivity index (χ0) is 17.2. The second kappa shape index (κ2) is 6.59. The third-order valence-corrected chi connectivity index (χ3v) is 6.06. The summed E-state index contributed by atoms with van der Waals surface area (Å²) in [5.41, 5.74) is 0.486. The van der Waals surface area contributed by atoms with Crippen LogP contribution in [0.3, 0.4) is 0 Å². The first-order chi connectivity index (χ1) is 10.8. The first kappa shape index (κ1) is 17.3. The Labute approximate surface area is 139 Å². The van der Waals surface area contributed by atoms with Gasteiger partial charge in [0.1, 0.15) is 0 Å². The van der Waals surface area contributed by atoms with Crippen LogP contribution in [-0.4, -0.2) is 26.6 Å². The standard InChI is InChI=1S/C15H16N2O4S2/c1-11-14(5-4-6-15(11)17(18)19)16(2)23(20,21)13-9-7-12(22-3)8-10-13/h4-10H,1-3H3. The second-order valence-electron chi connectivity index (χ2n) is 4.83. The van der Waals surface area contributed by atoms with Gasteiger partial charge in [-0.2, -0.15) is 0 Å². The monoisotopic (exact) mass is 352 g/mol. The molecule has 0 amide bonds. The number of anilines is 1. The van der Waals surface area contributed by atoms with E-state index in [-0.39, 0.29) is 16.3 Å². The minimum atomic E-state index is -3.78. The molecule has 2 rings (SSSR count). The lowest BCUT2D eigenvalue weighted by Gasteiger charge is -2.21. The van der Waals surface area contributed by atoms with Crippen LogP contribution >= 0.6 is 11.8 Å². The predicted molar refractivity (Wildman–Crippen MR) is 91.6 cm³/mol. The molecule has 2 aromatic rings. The highest BCUT2D eigenvalue weighted by atomic mass is 32.2. The van der Waals surface area contributed by atoms with Gasteiger partial charge in [0.2, 0.25) is 0 Å². The average Bonchev–Trinajstić information content (AvgIpc) is 2.54. The summed E-state index contributed by atoms with van der Waals surface area (Å²) >= 11 is 1.52. The summed E-state index contributed by atoms with van der Waals surface area (Å²) in [6, 6.07) is 10.9. The topological polar surface area (TPSA) is 80.5 Å². The van der Waals surface area contributed by atoms with Crippen molar-refractivity contribution in [1.29, 1.82) is 0 Å². The molecule has 0 atom stereocenters. The molecule has 23 heavy (non-hydrogen) atoms. The molecule has 0 saturated heterocycles. The van der Waals surface area contributed by atoms with E-state index in [4.69, 9.17) is 0 Å². The molecule has 0 aliphatic heterocycles. The second-order valence-corrected chi connectivity index (χ2v) is 7.68. The van der Waals surface area contributed by atoms with Gasteiger partial charge < -0.3 is 0 Å². The Balaban J connectivity index is 2.48. The Morgan fingerprint density at radius 2 is 1.74 bits per heavy atom. The number of hydrogen-bond acceptors (Lipinski definition) is 5. The number of thioether (sulfide) groups is 1. The molecule has 8 heteroatoms. The molecule has 0 bridgehead atoms. The maximum atomic E-state index is 12.7. The van der Waals surface area contributed by atoms with Crippen molar-refractivity contribution in [3.8, 4) is 0 Å². The predicted octanol–water partition coefficient (Wildman–Crippen LogP) is 3.45. The van der Waals surface area contributed by atoms with Crippen molar-refractivity contribution in [2.75, 3.05) is 17.6 Å². The maximum absolute atomic E-state index is 12.7. The van der Waals surface area contributed by atoms with Gasteiger partial charge in [0.15, 0.2) is 0 Å². The van der Waals surface area contributed by atoms with Crippen LogP contribution in [0.2, 0.25) is 0 Å². The first-order valence-corrected chi connectivity index (χ1v) is 9.32. The molecule has 0 aliphatic carbocycles. The highest BCUT2D eigenvalue weighted by Gasteiger charge is 2.25. The average molecular weight is 352 g/mol. The molecule has 0 spiro atoms. The number of benzene rings is 2. The van der Waals surface area contributed by atoms with Crippen molar-refractivity contribution >= 4 is 33.2 Å². The van der Waals surface area contributed by atoms with Crippen LogP contribution in [0.5, 0.6) is 0 Å². The molecule has 0 aliphatic rings. The molecule has 0 fully saturated rings. The normalized spacial score (nSPS) is 11.3. The third kappa shape index (κ3) is 3.32. The van der Waals surface area contributed by atoms with Crippen LogP contribution in [-0.2, 0) is 10.0 Å². The fraction of sp³-hybridized carbons (Fsp3) is 0.200. The number of sulfonamides is 1. The van der Waals surface area contributed by atoms with Crippen LogP contribution < -0.4 is 4.31 Å². The summed E-state index contributed by atoms with van der Waals surface area (Å²) in [6.45, 7) is 1.54. The Kier molecular flexibility index (Phi) is 4.96. The van der Waals surface area contributed by atoms with Crippen molar-refractivity contribution in [1.82, 2.24) is 0 Å². The first-order valence-electron chi connectivity index (χ1n) is 6.66. The van der Waals surface area contributed by atoms with E-state index in [9.17, 15) is 18.5 Å². The lowest BCUT2D eigenvalue weighted by Crippen LogP contribution is -2.27. The van der Waals surface area contributed by atoms with Crippen molar-refractivity contribution in [3.05, 3.63) is 58.1 Å². The van der Waals surface area contributed by atoms with Crippen molar-refractivity contribution in [3.63, 3.8) is 0 Å². The molecular weight excluding hydrogens is 336 g/mol. The molecule has 0 unspecified atom stereocenters. The highest BCUT2D eigenvalue weighted by Crippen LogP contribution is 2.31.